The molecule has 2 N–H and O–H groups in total. The molecule has 0 aliphatic carbocycles. The number of hydrogen-bond acceptors (Lipinski definition) is 4. The molecule has 0 aliphatic rings. The van der Waals surface area contributed by atoms with Crippen molar-refractivity contribution in [1.82, 2.24) is 9.97 Å². The Morgan fingerprint density at radius 1 is 1.38 bits per heavy atom. The van der Waals surface area contributed by atoms with Crippen molar-refractivity contribution >= 4 is 11.9 Å². The molecular formula is C4H5N3S. The van der Waals surface area contributed by atoms with Crippen molar-refractivity contribution in [2.75, 3.05) is 0 Å². The molecule has 0 unspecified atom stereocenters. The number of rotatable bonds is 1. The largest absolute Gasteiger partial charge is 0.271 e. The molecule has 0 saturated heterocycles. The minimum absolute atomic E-state index is 0.604. The van der Waals surface area contributed by atoms with E-state index >= 15 is 0 Å². The second-order valence-corrected chi connectivity index (χ2v) is 1.75. The Labute approximate surface area is 51.5 Å². The zero-order valence-electron chi connectivity index (χ0n) is 4.11. The SMILES string of the molecule is NSc1ncccn1. The summed E-state index contributed by atoms with van der Waals surface area (Å²) in [5, 5.41) is 5.75. The third-order valence-electron chi connectivity index (χ3n) is 0.647. The molecule has 1 heterocycles. The van der Waals surface area contributed by atoms with Crippen molar-refractivity contribution in [3.05, 3.63) is 18.5 Å². The standard InChI is InChI=1S/C4H5N3S/c5-8-4-6-2-1-3-7-4/h1-3H,5H2. The lowest BCUT2D eigenvalue weighted by molar-refractivity contribution is 0.968. The van der Waals surface area contributed by atoms with E-state index in [1.807, 2.05) is 0 Å². The van der Waals surface area contributed by atoms with Gasteiger partial charge in [-0.2, -0.15) is 0 Å². The molecular weight excluding hydrogens is 122 g/mol. The lowest BCUT2D eigenvalue weighted by Crippen LogP contribution is -1.86. The van der Waals surface area contributed by atoms with Crippen molar-refractivity contribution < 1.29 is 0 Å². The number of nitrogens with zero attached hydrogens (tertiary/aromatic N) is 2. The monoisotopic (exact) mass is 127 g/mol. The highest BCUT2D eigenvalue weighted by atomic mass is 32.2. The van der Waals surface area contributed by atoms with Gasteiger partial charge in [-0.15, -0.1) is 0 Å². The van der Waals surface area contributed by atoms with Crippen LogP contribution in [0.25, 0.3) is 0 Å². The molecule has 0 radical (unpaired) electrons. The summed E-state index contributed by atoms with van der Waals surface area (Å²) < 4.78 is 0. The van der Waals surface area contributed by atoms with Gasteiger partial charge < -0.3 is 0 Å². The van der Waals surface area contributed by atoms with Crippen LogP contribution < -0.4 is 5.14 Å². The summed E-state index contributed by atoms with van der Waals surface area (Å²) in [6.07, 6.45) is 3.31. The maximum atomic E-state index is 5.14. The topological polar surface area (TPSA) is 51.8 Å². The molecule has 4 heteroatoms. The summed E-state index contributed by atoms with van der Waals surface area (Å²) in [5.74, 6) is 0. The van der Waals surface area contributed by atoms with Crippen molar-refractivity contribution in [3.8, 4) is 0 Å². The minimum Gasteiger partial charge on any atom is -0.271 e. The average Bonchev–Trinajstić information content (AvgIpc) is 1.90. The summed E-state index contributed by atoms with van der Waals surface area (Å²) in [4.78, 5) is 7.65. The van der Waals surface area contributed by atoms with Gasteiger partial charge in [0.25, 0.3) is 0 Å². The highest BCUT2D eigenvalue weighted by Gasteiger charge is 1.85. The Kier molecular flexibility index (Phi) is 1.82. The fourth-order valence-corrected chi connectivity index (χ4v) is 0.590. The fourth-order valence-electron chi connectivity index (χ4n) is 0.346. The van der Waals surface area contributed by atoms with Crippen LogP contribution in [-0.2, 0) is 0 Å². The Morgan fingerprint density at radius 3 is 2.38 bits per heavy atom. The second kappa shape index (κ2) is 2.64. The first-order valence-electron chi connectivity index (χ1n) is 2.07. The number of nitrogens with two attached hydrogens (primary N) is 1. The molecule has 3 nitrogen and oxygen atoms in total. The van der Waals surface area contributed by atoms with E-state index in [4.69, 9.17) is 5.14 Å². The first-order valence-corrected chi connectivity index (χ1v) is 2.95. The van der Waals surface area contributed by atoms with Crippen molar-refractivity contribution in [2.24, 2.45) is 5.14 Å². The lowest BCUT2D eigenvalue weighted by atomic mass is 10.7. The van der Waals surface area contributed by atoms with Gasteiger partial charge in [-0.05, 0) is 18.0 Å². The summed E-state index contributed by atoms with van der Waals surface area (Å²) in [6.45, 7) is 0. The van der Waals surface area contributed by atoms with Crippen LogP contribution in [0.2, 0.25) is 0 Å². The molecule has 42 valence electrons. The Hall–Kier alpha value is -0.610. The quantitative estimate of drug-likeness (QED) is 0.439. The molecule has 0 fully saturated rings. The normalized spacial score (nSPS) is 9.12. The third-order valence-corrected chi connectivity index (χ3v) is 1.07. The minimum atomic E-state index is 0.604. The van der Waals surface area contributed by atoms with Crippen molar-refractivity contribution in [2.45, 2.75) is 5.16 Å². The van der Waals surface area contributed by atoms with Crippen LogP contribution in [0, 0.1) is 0 Å². The van der Waals surface area contributed by atoms with Crippen LogP contribution in [0.3, 0.4) is 0 Å². The van der Waals surface area contributed by atoms with Crippen LogP contribution in [0.15, 0.2) is 23.6 Å². The van der Waals surface area contributed by atoms with Crippen LogP contribution in [0.4, 0.5) is 0 Å². The predicted octanol–water partition coefficient (Wildman–Crippen LogP) is 0.442. The molecule has 0 saturated carbocycles. The van der Waals surface area contributed by atoms with Gasteiger partial charge in [0, 0.05) is 12.4 Å². The maximum Gasteiger partial charge on any atom is 0.202 e. The summed E-state index contributed by atoms with van der Waals surface area (Å²) in [5.41, 5.74) is 0. The van der Waals surface area contributed by atoms with Crippen LogP contribution in [0.5, 0.6) is 0 Å². The maximum absolute atomic E-state index is 5.14. The van der Waals surface area contributed by atoms with Crippen LogP contribution in [-0.4, -0.2) is 9.97 Å². The Bertz CT molecular complexity index is 153. The van der Waals surface area contributed by atoms with E-state index in [9.17, 15) is 0 Å². The summed E-state index contributed by atoms with van der Waals surface area (Å²) >= 11 is 1.05. The number of aromatic nitrogens is 2. The molecule has 1 rings (SSSR count). The van der Waals surface area contributed by atoms with E-state index in [1.54, 1.807) is 18.5 Å². The van der Waals surface area contributed by atoms with Crippen LogP contribution in [0.1, 0.15) is 0 Å². The molecule has 0 bridgehead atoms. The molecule has 0 atom stereocenters. The van der Waals surface area contributed by atoms with Gasteiger partial charge in [0.15, 0.2) is 0 Å². The smallest absolute Gasteiger partial charge is 0.202 e. The molecule has 0 amide bonds. The third kappa shape index (κ3) is 1.18. The first-order chi connectivity index (χ1) is 3.93. The van der Waals surface area contributed by atoms with Crippen molar-refractivity contribution in [3.63, 3.8) is 0 Å². The van der Waals surface area contributed by atoms with Gasteiger partial charge >= 0.3 is 0 Å². The zero-order chi connectivity index (χ0) is 5.82. The molecule has 1 aromatic heterocycles. The van der Waals surface area contributed by atoms with E-state index in [2.05, 4.69) is 9.97 Å². The van der Waals surface area contributed by atoms with Gasteiger partial charge in [0.1, 0.15) is 0 Å². The van der Waals surface area contributed by atoms with E-state index in [0.717, 1.165) is 11.9 Å². The summed E-state index contributed by atoms with van der Waals surface area (Å²) in [6, 6.07) is 1.75. The molecule has 0 aliphatic heterocycles. The molecule has 1 aromatic rings. The van der Waals surface area contributed by atoms with Gasteiger partial charge in [-0.1, -0.05) is 0 Å². The highest BCUT2D eigenvalue weighted by molar-refractivity contribution is 7.96. The van der Waals surface area contributed by atoms with Gasteiger partial charge in [0.2, 0.25) is 5.16 Å². The fraction of sp³-hybridized carbons (Fsp3) is 0. The predicted molar refractivity (Wildman–Crippen MR) is 32.1 cm³/mol. The van der Waals surface area contributed by atoms with Gasteiger partial charge in [0.05, 0.1) is 0 Å². The van der Waals surface area contributed by atoms with Gasteiger partial charge in [-0.3, -0.25) is 5.14 Å². The lowest BCUT2D eigenvalue weighted by Gasteiger charge is -1.86. The first kappa shape index (κ1) is 5.53. The van der Waals surface area contributed by atoms with E-state index in [0.29, 0.717) is 5.16 Å². The van der Waals surface area contributed by atoms with E-state index < -0.39 is 0 Å². The number of hydrogen-bond donors (Lipinski definition) is 1. The van der Waals surface area contributed by atoms with E-state index in [-0.39, 0.29) is 0 Å². The second-order valence-electron chi connectivity index (χ2n) is 1.15. The van der Waals surface area contributed by atoms with Gasteiger partial charge in [-0.25, -0.2) is 9.97 Å². The molecule has 0 aromatic carbocycles. The van der Waals surface area contributed by atoms with Crippen LogP contribution >= 0.6 is 11.9 Å². The van der Waals surface area contributed by atoms with Crippen molar-refractivity contribution in [1.29, 1.82) is 0 Å². The Balaban J connectivity index is 2.83. The summed E-state index contributed by atoms with van der Waals surface area (Å²) in [7, 11) is 0. The zero-order valence-corrected chi connectivity index (χ0v) is 4.93. The molecule has 0 spiro atoms. The molecule has 8 heavy (non-hydrogen) atoms. The Morgan fingerprint density at radius 2 is 2.00 bits per heavy atom. The highest BCUT2D eigenvalue weighted by Crippen LogP contribution is 1.98. The average molecular weight is 127 g/mol. The van der Waals surface area contributed by atoms with E-state index in [1.165, 1.54) is 0 Å².